The number of sulfonamides is 1. The van der Waals surface area contributed by atoms with Crippen LogP contribution in [0.1, 0.15) is 30.9 Å². The van der Waals surface area contributed by atoms with Crippen molar-refractivity contribution in [2.75, 3.05) is 31.3 Å². The van der Waals surface area contributed by atoms with Crippen LogP contribution in [-0.2, 0) is 21.2 Å². The summed E-state index contributed by atoms with van der Waals surface area (Å²) in [4.78, 5) is 12.4. The Balaban J connectivity index is 1.99. The molecule has 0 aromatic heterocycles. The van der Waals surface area contributed by atoms with E-state index in [0.717, 1.165) is 30.5 Å². The van der Waals surface area contributed by atoms with Gasteiger partial charge >= 0.3 is 0 Å². The van der Waals surface area contributed by atoms with E-state index in [1.165, 1.54) is 24.0 Å². The summed E-state index contributed by atoms with van der Waals surface area (Å²) in [5.41, 5.74) is 3.49. The molecule has 0 saturated heterocycles. The molecule has 0 aliphatic rings. The third-order valence-electron chi connectivity index (χ3n) is 4.48. The first-order chi connectivity index (χ1) is 13.2. The molecule has 0 unspecified atom stereocenters. The number of anilines is 2. The zero-order chi connectivity index (χ0) is 20.7. The summed E-state index contributed by atoms with van der Waals surface area (Å²) in [6.07, 6.45) is 3.34. The molecule has 0 spiro atoms. The molecule has 2 aromatic carbocycles. The van der Waals surface area contributed by atoms with Gasteiger partial charge in [-0.3, -0.25) is 4.79 Å². The van der Waals surface area contributed by atoms with Crippen molar-refractivity contribution in [3.63, 3.8) is 0 Å². The SMILES string of the molecule is CCCCc1ccc(NC(=O)CNc2cc(S(=O)(=O)N(C)C)ccc2C)cc1. The summed E-state index contributed by atoms with van der Waals surface area (Å²) in [7, 11) is -0.543. The van der Waals surface area contributed by atoms with E-state index in [0.29, 0.717) is 5.69 Å². The molecular weight excluding hydrogens is 374 g/mol. The smallest absolute Gasteiger partial charge is 0.243 e. The van der Waals surface area contributed by atoms with Gasteiger partial charge in [-0.2, -0.15) is 0 Å². The third-order valence-corrected chi connectivity index (χ3v) is 6.29. The summed E-state index contributed by atoms with van der Waals surface area (Å²) < 4.78 is 25.7. The predicted molar refractivity (Wildman–Crippen MR) is 114 cm³/mol. The molecule has 0 saturated carbocycles. The fourth-order valence-corrected chi connectivity index (χ4v) is 3.61. The van der Waals surface area contributed by atoms with Gasteiger partial charge in [0.2, 0.25) is 15.9 Å². The molecule has 2 N–H and O–H groups in total. The lowest BCUT2D eigenvalue weighted by atomic mass is 10.1. The molecule has 0 aliphatic heterocycles. The Morgan fingerprint density at radius 3 is 2.36 bits per heavy atom. The molecule has 0 atom stereocenters. The number of carbonyl (C=O) groups is 1. The van der Waals surface area contributed by atoms with Crippen LogP contribution in [0.15, 0.2) is 47.4 Å². The molecule has 0 radical (unpaired) electrons. The summed E-state index contributed by atoms with van der Waals surface area (Å²) in [5, 5.41) is 5.88. The van der Waals surface area contributed by atoms with Crippen molar-refractivity contribution in [1.29, 1.82) is 0 Å². The van der Waals surface area contributed by atoms with E-state index in [9.17, 15) is 13.2 Å². The predicted octanol–water partition coefficient (Wildman–Crippen LogP) is 3.64. The number of nitrogens with zero attached hydrogens (tertiary/aromatic N) is 1. The lowest BCUT2D eigenvalue weighted by Crippen LogP contribution is -2.24. The van der Waals surface area contributed by atoms with E-state index in [2.05, 4.69) is 17.6 Å². The van der Waals surface area contributed by atoms with Crippen molar-refractivity contribution < 1.29 is 13.2 Å². The molecule has 2 rings (SSSR count). The number of nitrogens with one attached hydrogen (secondary N) is 2. The second-order valence-corrected chi connectivity index (χ2v) is 9.12. The number of unbranched alkanes of at least 4 members (excludes halogenated alkanes) is 1. The minimum atomic E-state index is -3.52. The van der Waals surface area contributed by atoms with Gasteiger partial charge < -0.3 is 10.6 Å². The van der Waals surface area contributed by atoms with Crippen molar-refractivity contribution in [2.45, 2.75) is 38.0 Å². The van der Waals surface area contributed by atoms with Gasteiger partial charge in [-0.1, -0.05) is 31.5 Å². The maximum Gasteiger partial charge on any atom is 0.243 e. The van der Waals surface area contributed by atoms with E-state index in [1.54, 1.807) is 18.2 Å². The number of carbonyl (C=O) groups excluding carboxylic acids is 1. The molecule has 1 amide bonds. The molecule has 0 bridgehead atoms. The zero-order valence-electron chi connectivity index (χ0n) is 17.0. The zero-order valence-corrected chi connectivity index (χ0v) is 17.8. The molecule has 2 aromatic rings. The van der Waals surface area contributed by atoms with Crippen LogP contribution in [0.25, 0.3) is 0 Å². The molecule has 28 heavy (non-hydrogen) atoms. The van der Waals surface area contributed by atoms with Gasteiger partial charge in [0.15, 0.2) is 0 Å². The molecule has 0 aliphatic carbocycles. The largest absolute Gasteiger partial charge is 0.376 e. The molecule has 152 valence electrons. The Bertz CT molecular complexity index is 907. The minimum Gasteiger partial charge on any atom is -0.376 e. The van der Waals surface area contributed by atoms with Crippen LogP contribution in [0, 0.1) is 6.92 Å². The quantitative estimate of drug-likeness (QED) is 0.670. The maximum atomic E-state index is 12.3. The van der Waals surface area contributed by atoms with Crippen molar-refractivity contribution in [3.05, 3.63) is 53.6 Å². The van der Waals surface area contributed by atoms with Gasteiger partial charge in [-0.15, -0.1) is 0 Å². The van der Waals surface area contributed by atoms with Crippen LogP contribution in [0.2, 0.25) is 0 Å². The van der Waals surface area contributed by atoms with E-state index in [4.69, 9.17) is 0 Å². The van der Waals surface area contributed by atoms with Crippen molar-refractivity contribution in [3.8, 4) is 0 Å². The summed E-state index contributed by atoms with van der Waals surface area (Å²) in [6, 6.07) is 12.7. The highest BCUT2D eigenvalue weighted by Crippen LogP contribution is 2.22. The highest BCUT2D eigenvalue weighted by molar-refractivity contribution is 7.89. The van der Waals surface area contributed by atoms with E-state index < -0.39 is 10.0 Å². The normalized spacial score (nSPS) is 11.5. The van der Waals surface area contributed by atoms with Gasteiger partial charge in [0, 0.05) is 25.5 Å². The van der Waals surface area contributed by atoms with Crippen LogP contribution >= 0.6 is 0 Å². The van der Waals surface area contributed by atoms with E-state index >= 15 is 0 Å². The third kappa shape index (κ3) is 5.81. The molecular formula is C21H29N3O3S. The minimum absolute atomic E-state index is 0.0455. The average Bonchev–Trinajstić information content (AvgIpc) is 2.66. The Morgan fingerprint density at radius 1 is 1.07 bits per heavy atom. The van der Waals surface area contributed by atoms with Crippen LogP contribution in [-0.4, -0.2) is 39.3 Å². The first-order valence-corrected chi connectivity index (χ1v) is 10.8. The molecule has 0 fully saturated rings. The lowest BCUT2D eigenvalue weighted by Gasteiger charge is -2.15. The fraction of sp³-hybridized carbons (Fsp3) is 0.381. The summed E-state index contributed by atoms with van der Waals surface area (Å²) >= 11 is 0. The average molecular weight is 404 g/mol. The second kappa shape index (κ2) is 9.71. The highest BCUT2D eigenvalue weighted by atomic mass is 32.2. The molecule has 0 heterocycles. The Kier molecular flexibility index (Phi) is 7.60. The highest BCUT2D eigenvalue weighted by Gasteiger charge is 2.18. The summed E-state index contributed by atoms with van der Waals surface area (Å²) in [5.74, 6) is -0.193. The van der Waals surface area contributed by atoms with E-state index in [-0.39, 0.29) is 17.3 Å². The summed E-state index contributed by atoms with van der Waals surface area (Å²) in [6.45, 7) is 4.07. The first kappa shape index (κ1) is 21.9. The van der Waals surface area contributed by atoms with Crippen LogP contribution in [0.3, 0.4) is 0 Å². The van der Waals surface area contributed by atoms with Crippen molar-refractivity contribution >= 4 is 27.3 Å². The Morgan fingerprint density at radius 2 is 1.75 bits per heavy atom. The van der Waals surface area contributed by atoms with Crippen LogP contribution in [0.4, 0.5) is 11.4 Å². The number of amides is 1. The van der Waals surface area contributed by atoms with Crippen molar-refractivity contribution in [2.24, 2.45) is 0 Å². The standard InChI is InChI=1S/C21H29N3O3S/c1-5-6-7-17-9-11-18(12-10-17)23-21(25)15-22-20-14-19(13-8-16(20)2)28(26,27)24(3)4/h8-14,22H,5-7,15H2,1-4H3,(H,23,25). The van der Waals surface area contributed by atoms with Gasteiger partial charge in [-0.25, -0.2) is 12.7 Å². The van der Waals surface area contributed by atoms with Gasteiger partial charge in [-0.05, 0) is 55.2 Å². The lowest BCUT2D eigenvalue weighted by molar-refractivity contribution is -0.114. The van der Waals surface area contributed by atoms with Gasteiger partial charge in [0.1, 0.15) is 0 Å². The molecule has 6 nitrogen and oxygen atoms in total. The Labute approximate surface area is 168 Å². The van der Waals surface area contributed by atoms with Gasteiger partial charge in [0.05, 0.1) is 11.4 Å². The number of hydrogen-bond donors (Lipinski definition) is 2. The number of benzene rings is 2. The number of aryl methyl sites for hydroxylation is 2. The monoisotopic (exact) mass is 403 g/mol. The second-order valence-electron chi connectivity index (χ2n) is 6.97. The maximum absolute atomic E-state index is 12.3. The van der Waals surface area contributed by atoms with Gasteiger partial charge in [0.25, 0.3) is 0 Å². The number of rotatable bonds is 9. The fourth-order valence-electron chi connectivity index (χ4n) is 2.68. The van der Waals surface area contributed by atoms with Crippen LogP contribution in [0.5, 0.6) is 0 Å². The van der Waals surface area contributed by atoms with E-state index in [1.807, 2.05) is 31.2 Å². The van der Waals surface area contributed by atoms with Crippen LogP contribution < -0.4 is 10.6 Å². The van der Waals surface area contributed by atoms with Crippen molar-refractivity contribution in [1.82, 2.24) is 4.31 Å². The molecule has 7 heteroatoms. The Hall–Kier alpha value is -2.38. The topological polar surface area (TPSA) is 78.5 Å². The number of hydrogen-bond acceptors (Lipinski definition) is 4. The first-order valence-electron chi connectivity index (χ1n) is 9.40.